The van der Waals surface area contributed by atoms with Gasteiger partial charge in [-0.15, -0.1) is 0 Å². The molecule has 2 atom stereocenters. The molecule has 0 unspecified atom stereocenters. The average molecular weight is 480 g/mol. The van der Waals surface area contributed by atoms with Gasteiger partial charge in [0.25, 0.3) is 0 Å². The largest absolute Gasteiger partial charge is 0.388 e. The summed E-state index contributed by atoms with van der Waals surface area (Å²) in [6, 6.07) is 6.49. The van der Waals surface area contributed by atoms with E-state index in [1.807, 2.05) is 25.3 Å². The topological polar surface area (TPSA) is 101 Å². The normalized spacial score (nSPS) is 16.8. The zero-order chi connectivity index (χ0) is 24.7. The third-order valence-corrected chi connectivity index (χ3v) is 6.37. The average Bonchev–Trinajstić information content (AvgIpc) is 3.48. The summed E-state index contributed by atoms with van der Waals surface area (Å²) in [5.74, 6) is 0.195. The summed E-state index contributed by atoms with van der Waals surface area (Å²) >= 11 is 0. The van der Waals surface area contributed by atoms with E-state index >= 15 is 0 Å². The van der Waals surface area contributed by atoms with Crippen LogP contribution in [0.5, 0.6) is 0 Å². The molecular formula is C25H27F2N7O. The number of aliphatic hydroxyl groups is 1. The Hall–Kier alpha value is -3.50. The van der Waals surface area contributed by atoms with Crippen LogP contribution in [0.4, 0.5) is 20.5 Å². The number of aromatic nitrogens is 5. The van der Waals surface area contributed by atoms with Gasteiger partial charge in [0, 0.05) is 30.3 Å². The minimum Gasteiger partial charge on any atom is -0.388 e. The Morgan fingerprint density at radius 2 is 1.94 bits per heavy atom. The number of hydrogen-bond acceptors (Lipinski definition) is 7. The number of benzene rings is 1. The van der Waals surface area contributed by atoms with Crippen molar-refractivity contribution in [1.29, 1.82) is 0 Å². The van der Waals surface area contributed by atoms with Crippen LogP contribution in [0.3, 0.4) is 0 Å². The number of rotatable bonds is 6. The van der Waals surface area contributed by atoms with E-state index in [1.165, 1.54) is 6.07 Å². The fourth-order valence-electron chi connectivity index (χ4n) is 4.67. The highest BCUT2D eigenvalue weighted by molar-refractivity contribution is 5.83. The lowest BCUT2D eigenvalue weighted by Gasteiger charge is -2.17. The summed E-state index contributed by atoms with van der Waals surface area (Å²) in [5, 5.41) is 16.7. The molecule has 1 aliphatic heterocycles. The molecule has 3 N–H and O–H groups in total. The molecule has 8 nitrogen and oxygen atoms in total. The van der Waals surface area contributed by atoms with Gasteiger partial charge in [-0.05, 0) is 57.5 Å². The number of anilines is 2. The number of pyridine rings is 1. The van der Waals surface area contributed by atoms with Crippen LogP contribution < -0.4 is 10.6 Å². The molecule has 0 bridgehead atoms. The second kappa shape index (κ2) is 9.27. The van der Waals surface area contributed by atoms with Crippen molar-refractivity contribution in [3.05, 3.63) is 59.7 Å². The maximum Gasteiger partial charge on any atom is 0.229 e. The van der Waals surface area contributed by atoms with E-state index in [9.17, 15) is 13.9 Å². The van der Waals surface area contributed by atoms with Crippen molar-refractivity contribution in [2.45, 2.75) is 39.3 Å². The van der Waals surface area contributed by atoms with Crippen molar-refractivity contribution < 1.29 is 13.9 Å². The van der Waals surface area contributed by atoms with Gasteiger partial charge in [-0.1, -0.05) is 6.07 Å². The Kier molecular flexibility index (Phi) is 6.16. The van der Waals surface area contributed by atoms with E-state index in [0.717, 1.165) is 31.3 Å². The molecule has 1 aliphatic rings. The fraction of sp³-hybridized carbons (Fsp3) is 0.360. The molecule has 1 saturated heterocycles. The van der Waals surface area contributed by atoms with E-state index in [-0.39, 0.29) is 34.7 Å². The third kappa shape index (κ3) is 4.46. The Bertz CT molecular complexity index is 1360. The summed E-state index contributed by atoms with van der Waals surface area (Å²) in [6.45, 7) is 7.45. The maximum absolute atomic E-state index is 14.9. The molecule has 4 heterocycles. The minimum absolute atomic E-state index is 0.0294. The van der Waals surface area contributed by atoms with Crippen LogP contribution in [0.15, 0.2) is 36.7 Å². The number of imidazole rings is 1. The number of aryl methyl sites for hydroxylation is 1. The Labute approximate surface area is 201 Å². The van der Waals surface area contributed by atoms with Crippen molar-refractivity contribution >= 4 is 22.8 Å². The molecule has 0 saturated carbocycles. The number of aliphatic hydroxyl groups excluding tert-OH is 1. The lowest BCUT2D eigenvalue weighted by molar-refractivity contribution is 0.118. The molecule has 0 amide bonds. The lowest BCUT2D eigenvalue weighted by Crippen LogP contribution is -2.16. The number of nitrogens with one attached hydrogen (secondary N) is 2. The van der Waals surface area contributed by atoms with Crippen LogP contribution in [-0.4, -0.2) is 42.7 Å². The smallest absolute Gasteiger partial charge is 0.229 e. The van der Waals surface area contributed by atoms with Gasteiger partial charge < -0.3 is 20.3 Å². The number of fused-ring (bicyclic) bond motifs is 1. The van der Waals surface area contributed by atoms with E-state index in [1.54, 1.807) is 24.4 Å². The summed E-state index contributed by atoms with van der Waals surface area (Å²) < 4.78 is 31.5. The van der Waals surface area contributed by atoms with Gasteiger partial charge in [-0.25, -0.2) is 28.7 Å². The van der Waals surface area contributed by atoms with Gasteiger partial charge in [0.05, 0.1) is 17.8 Å². The molecule has 5 rings (SSSR count). The van der Waals surface area contributed by atoms with Crippen LogP contribution in [0.1, 0.15) is 43.8 Å². The van der Waals surface area contributed by atoms with Gasteiger partial charge in [-0.3, -0.25) is 0 Å². The molecule has 182 valence electrons. The van der Waals surface area contributed by atoms with Crippen molar-refractivity contribution in [2.24, 2.45) is 5.92 Å². The molecule has 0 radical (unpaired) electrons. The van der Waals surface area contributed by atoms with Crippen molar-refractivity contribution in [2.75, 3.05) is 18.4 Å². The Balaban J connectivity index is 1.43. The van der Waals surface area contributed by atoms with E-state index in [4.69, 9.17) is 0 Å². The van der Waals surface area contributed by atoms with Crippen LogP contribution in [0, 0.1) is 24.5 Å². The van der Waals surface area contributed by atoms with Gasteiger partial charge >= 0.3 is 0 Å². The molecular weight excluding hydrogens is 452 g/mol. The molecule has 0 spiro atoms. The standard InChI is InChI=1S/C25H27F2N7O/c1-13(2)34-14(3)31-23-18(26)8-17(9-20(23)34)22-19(27)12-30-25(33-22)32-21-5-4-15(11-29-21)24(35)16-6-7-28-10-16/h4-5,8-9,11-13,16,24,28,35H,6-7,10H2,1-3H3,(H,29,30,32,33)/t16-,24+/m1/s1. The number of nitrogens with zero attached hydrogens (tertiary/aromatic N) is 5. The van der Waals surface area contributed by atoms with Gasteiger partial charge in [-0.2, -0.15) is 0 Å². The third-order valence-electron chi connectivity index (χ3n) is 6.37. The van der Waals surface area contributed by atoms with Gasteiger partial charge in [0.1, 0.15) is 22.9 Å². The highest BCUT2D eigenvalue weighted by atomic mass is 19.1. The van der Waals surface area contributed by atoms with Crippen LogP contribution >= 0.6 is 0 Å². The molecule has 10 heteroatoms. The van der Waals surface area contributed by atoms with E-state index < -0.39 is 17.7 Å². The fourth-order valence-corrected chi connectivity index (χ4v) is 4.67. The summed E-state index contributed by atoms with van der Waals surface area (Å²) in [6.07, 6.45) is 2.97. The van der Waals surface area contributed by atoms with Gasteiger partial charge in [0.2, 0.25) is 5.95 Å². The molecule has 3 aromatic heterocycles. The first-order valence-electron chi connectivity index (χ1n) is 11.6. The first kappa shape index (κ1) is 23.3. The first-order chi connectivity index (χ1) is 16.8. The Morgan fingerprint density at radius 1 is 1.11 bits per heavy atom. The zero-order valence-electron chi connectivity index (χ0n) is 19.8. The highest BCUT2D eigenvalue weighted by Crippen LogP contribution is 2.31. The SMILES string of the molecule is Cc1nc2c(F)cc(-c3nc(Nc4ccc([C@H](O)[C@@H]5CCNC5)cn4)ncc3F)cc2n1C(C)C. The molecule has 1 fully saturated rings. The molecule has 1 aromatic carbocycles. The van der Waals surface area contributed by atoms with E-state index in [0.29, 0.717) is 17.2 Å². The molecule has 0 aliphatic carbocycles. The van der Waals surface area contributed by atoms with Crippen LogP contribution in [0.2, 0.25) is 0 Å². The summed E-state index contributed by atoms with van der Waals surface area (Å²) in [5.41, 5.74) is 1.81. The van der Waals surface area contributed by atoms with Crippen LogP contribution in [-0.2, 0) is 0 Å². The highest BCUT2D eigenvalue weighted by Gasteiger charge is 2.24. The first-order valence-corrected chi connectivity index (χ1v) is 11.6. The minimum atomic E-state index is -0.668. The predicted octanol–water partition coefficient (Wildman–Crippen LogP) is 4.44. The number of halogens is 2. The van der Waals surface area contributed by atoms with Crippen molar-refractivity contribution in [3.63, 3.8) is 0 Å². The maximum atomic E-state index is 14.9. The van der Waals surface area contributed by atoms with E-state index in [2.05, 4.69) is 30.6 Å². The number of hydrogen-bond donors (Lipinski definition) is 3. The van der Waals surface area contributed by atoms with Gasteiger partial charge in [0.15, 0.2) is 11.6 Å². The zero-order valence-corrected chi connectivity index (χ0v) is 19.8. The monoisotopic (exact) mass is 479 g/mol. The Morgan fingerprint density at radius 3 is 2.63 bits per heavy atom. The van der Waals surface area contributed by atoms with Crippen molar-refractivity contribution in [3.8, 4) is 11.3 Å². The summed E-state index contributed by atoms with van der Waals surface area (Å²) in [4.78, 5) is 17.0. The van der Waals surface area contributed by atoms with Crippen molar-refractivity contribution in [1.82, 2.24) is 29.8 Å². The predicted molar refractivity (Wildman–Crippen MR) is 129 cm³/mol. The second-order valence-corrected chi connectivity index (χ2v) is 9.14. The molecule has 4 aromatic rings. The second-order valence-electron chi connectivity index (χ2n) is 9.14. The van der Waals surface area contributed by atoms with Crippen LogP contribution in [0.25, 0.3) is 22.3 Å². The summed E-state index contributed by atoms with van der Waals surface area (Å²) in [7, 11) is 0. The lowest BCUT2D eigenvalue weighted by atomic mass is 9.96. The quantitative estimate of drug-likeness (QED) is 0.376. The molecule has 35 heavy (non-hydrogen) atoms.